The van der Waals surface area contributed by atoms with E-state index in [9.17, 15) is 14.7 Å². The van der Waals surface area contributed by atoms with E-state index < -0.39 is 5.97 Å². The van der Waals surface area contributed by atoms with Crippen LogP contribution in [0, 0.1) is 3.57 Å². The van der Waals surface area contributed by atoms with E-state index in [2.05, 4.69) is 5.32 Å². The van der Waals surface area contributed by atoms with Gasteiger partial charge in [-0.05, 0) is 71.7 Å². The maximum absolute atomic E-state index is 12.3. The lowest BCUT2D eigenvalue weighted by Crippen LogP contribution is -2.13. The molecule has 1 aliphatic carbocycles. The van der Waals surface area contributed by atoms with Crippen LogP contribution < -0.4 is 5.32 Å². The number of rotatable bonds is 3. The Hall–Kier alpha value is -1.41. The minimum Gasteiger partial charge on any atom is -0.478 e. The van der Waals surface area contributed by atoms with Crippen LogP contribution in [-0.2, 0) is 12.8 Å². The number of aromatic carboxylic acids is 1. The first-order valence-corrected chi connectivity index (χ1v) is 8.40. The van der Waals surface area contributed by atoms with Crippen molar-refractivity contribution in [1.29, 1.82) is 0 Å². The van der Waals surface area contributed by atoms with Crippen molar-refractivity contribution >= 4 is 51.5 Å². The lowest BCUT2D eigenvalue weighted by atomic mass is 10.1. The number of amides is 1. The number of benzene rings is 1. The first-order valence-electron chi connectivity index (χ1n) is 6.50. The van der Waals surface area contributed by atoms with E-state index in [1.54, 1.807) is 18.2 Å². The van der Waals surface area contributed by atoms with E-state index in [1.807, 2.05) is 28.7 Å². The van der Waals surface area contributed by atoms with Crippen molar-refractivity contribution in [3.8, 4) is 0 Å². The summed E-state index contributed by atoms with van der Waals surface area (Å²) in [6, 6.07) is 6.88. The van der Waals surface area contributed by atoms with Gasteiger partial charge in [-0.1, -0.05) is 0 Å². The third-order valence-corrected chi connectivity index (χ3v) is 5.34. The number of fused-ring (bicyclic) bond motifs is 1. The van der Waals surface area contributed by atoms with E-state index >= 15 is 0 Å². The van der Waals surface area contributed by atoms with Crippen LogP contribution in [0.3, 0.4) is 0 Å². The zero-order chi connectivity index (χ0) is 15.0. The average molecular weight is 413 g/mol. The minimum absolute atomic E-state index is 0.111. The van der Waals surface area contributed by atoms with Crippen LogP contribution in [0.2, 0.25) is 0 Å². The van der Waals surface area contributed by atoms with Crippen molar-refractivity contribution in [1.82, 2.24) is 0 Å². The summed E-state index contributed by atoms with van der Waals surface area (Å²) in [6.45, 7) is 0. The summed E-state index contributed by atoms with van der Waals surface area (Å²) in [5, 5.41) is 11.9. The fourth-order valence-electron chi connectivity index (χ4n) is 2.43. The Morgan fingerprint density at radius 3 is 2.76 bits per heavy atom. The van der Waals surface area contributed by atoms with Crippen LogP contribution in [0.15, 0.2) is 24.3 Å². The smallest absolute Gasteiger partial charge is 0.337 e. The summed E-state index contributed by atoms with van der Waals surface area (Å²) in [7, 11) is 0. The van der Waals surface area contributed by atoms with Gasteiger partial charge in [0.2, 0.25) is 0 Å². The number of carboxylic acid groups (broad SMARTS) is 1. The Balaban J connectivity index is 1.86. The highest BCUT2D eigenvalue weighted by Crippen LogP contribution is 2.31. The number of halogens is 1. The SMILES string of the molecule is O=C(Nc1ccc(I)cc1C(=O)O)c1cc2c(s1)CCC2. The van der Waals surface area contributed by atoms with Crippen LogP contribution in [0.1, 0.15) is 36.9 Å². The predicted molar refractivity (Wildman–Crippen MR) is 90.4 cm³/mol. The topological polar surface area (TPSA) is 66.4 Å². The van der Waals surface area contributed by atoms with Gasteiger partial charge in [0.05, 0.1) is 16.1 Å². The molecule has 4 nitrogen and oxygen atoms in total. The van der Waals surface area contributed by atoms with Gasteiger partial charge in [-0.15, -0.1) is 11.3 Å². The molecule has 0 unspecified atom stereocenters. The van der Waals surface area contributed by atoms with Crippen molar-refractivity contribution in [2.45, 2.75) is 19.3 Å². The number of anilines is 1. The highest BCUT2D eigenvalue weighted by atomic mass is 127. The summed E-state index contributed by atoms with van der Waals surface area (Å²) < 4.78 is 0.818. The number of carbonyl (C=O) groups is 2. The number of carbonyl (C=O) groups excluding carboxylic acids is 1. The van der Waals surface area contributed by atoms with Gasteiger partial charge < -0.3 is 10.4 Å². The van der Waals surface area contributed by atoms with Crippen molar-refractivity contribution in [3.63, 3.8) is 0 Å². The molecule has 1 aromatic carbocycles. The monoisotopic (exact) mass is 413 g/mol. The van der Waals surface area contributed by atoms with Gasteiger partial charge in [-0.3, -0.25) is 4.79 Å². The van der Waals surface area contributed by atoms with Crippen molar-refractivity contribution in [2.75, 3.05) is 5.32 Å². The molecule has 0 saturated carbocycles. The molecule has 1 heterocycles. The highest BCUT2D eigenvalue weighted by Gasteiger charge is 2.20. The molecular weight excluding hydrogens is 401 g/mol. The first kappa shape index (κ1) is 14.5. The van der Waals surface area contributed by atoms with E-state index in [-0.39, 0.29) is 11.5 Å². The summed E-state index contributed by atoms with van der Waals surface area (Å²) >= 11 is 3.55. The normalized spacial score (nSPS) is 13.0. The summed E-state index contributed by atoms with van der Waals surface area (Å²) in [6.07, 6.45) is 3.23. The lowest BCUT2D eigenvalue weighted by Gasteiger charge is -2.08. The van der Waals surface area contributed by atoms with E-state index in [0.717, 1.165) is 22.8 Å². The lowest BCUT2D eigenvalue weighted by molar-refractivity contribution is 0.0698. The number of aryl methyl sites for hydroxylation is 2. The molecule has 3 rings (SSSR count). The molecule has 6 heteroatoms. The fraction of sp³-hybridized carbons (Fsp3) is 0.200. The van der Waals surface area contributed by atoms with Gasteiger partial charge >= 0.3 is 5.97 Å². The Morgan fingerprint density at radius 2 is 2.05 bits per heavy atom. The molecule has 2 aromatic rings. The molecule has 0 spiro atoms. The van der Waals surface area contributed by atoms with Gasteiger partial charge in [0, 0.05) is 8.45 Å². The van der Waals surface area contributed by atoms with E-state index in [0.29, 0.717) is 10.6 Å². The molecule has 0 radical (unpaired) electrons. The Kier molecular flexibility index (Phi) is 3.99. The maximum atomic E-state index is 12.3. The number of hydrogen-bond acceptors (Lipinski definition) is 3. The molecule has 0 fully saturated rings. The maximum Gasteiger partial charge on any atom is 0.337 e. The molecule has 1 aromatic heterocycles. The van der Waals surface area contributed by atoms with Crippen LogP contribution in [0.5, 0.6) is 0 Å². The van der Waals surface area contributed by atoms with Crippen molar-refractivity contribution < 1.29 is 14.7 Å². The Bertz CT molecular complexity index is 717. The van der Waals surface area contributed by atoms with Crippen molar-refractivity contribution in [3.05, 3.63) is 48.7 Å². The fourth-order valence-corrected chi connectivity index (χ4v) is 4.07. The predicted octanol–water partition coefficient (Wildman–Crippen LogP) is 3.79. The van der Waals surface area contributed by atoms with Crippen LogP contribution in [0.4, 0.5) is 5.69 Å². The van der Waals surface area contributed by atoms with Gasteiger partial charge in [-0.25, -0.2) is 4.79 Å². The number of nitrogens with one attached hydrogen (secondary N) is 1. The second-order valence-corrected chi connectivity index (χ2v) is 7.24. The molecule has 0 bridgehead atoms. The number of hydrogen-bond donors (Lipinski definition) is 2. The number of thiophene rings is 1. The number of carboxylic acids is 1. The van der Waals surface area contributed by atoms with Crippen molar-refractivity contribution in [2.24, 2.45) is 0 Å². The van der Waals surface area contributed by atoms with E-state index in [1.165, 1.54) is 21.8 Å². The van der Waals surface area contributed by atoms with Gasteiger partial charge in [0.15, 0.2) is 0 Å². The van der Waals surface area contributed by atoms with Crippen LogP contribution >= 0.6 is 33.9 Å². The van der Waals surface area contributed by atoms with Crippen LogP contribution in [0.25, 0.3) is 0 Å². The van der Waals surface area contributed by atoms with E-state index in [4.69, 9.17) is 0 Å². The third-order valence-electron chi connectivity index (χ3n) is 3.43. The minimum atomic E-state index is -1.04. The molecular formula is C15H12INO3S. The first-order chi connectivity index (χ1) is 10.0. The highest BCUT2D eigenvalue weighted by molar-refractivity contribution is 14.1. The summed E-state index contributed by atoms with van der Waals surface area (Å²) in [4.78, 5) is 25.5. The molecule has 108 valence electrons. The largest absolute Gasteiger partial charge is 0.478 e. The van der Waals surface area contributed by atoms with Gasteiger partial charge in [-0.2, -0.15) is 0 Å². The molecule has 1 aliphatic rings. The second-order valence-electron chi connectivity index (χ2n) is 4.86. The summed E-state index contributed by atoms with van der Waals surface area (Å²) in [5.41, 5.74) is 1.70. The molecule has 0 atom stereocenters. The van der Waals surface area contributed by atoms with Crippen LogP contribution in [-0.4, -0.2) is 17.0 Å². The Labute approximate surface area is 139 Å². The summed E-state index contributed by atoms with van der Waals surface area (Å²) in [5.74, 6) is -1.28. The molecule has 2 N–H and O–H groups in total. The molecule has 0 aliphatic heterocycles. The quantitative estimate of drug-likeness (QED) is 0.753. The average Bonchev–Trinajstić information content (AvgIpc) is 3.01. The van der Waals surface area contributed by atoms with Gasteiger partial charge in [0.25, 0.3) is 5.91 Å². The Morgan fingerprint density at radius 1 is 1.24 bits per heavy atom. The molecule has 21 heavy (non-hydrogen) atoms. The third kappa shape index (κ3) is 2.96. The molecule has 0 saturated heterocycles. The standard InChI is InChI=1S/C15H12INO3S/c16-9-4-5-11(10(7-9)15(19)20)17-14(18)13-6-8-2-1-3-12(8)21-13/h4-7H,1-3H2,(H,17,18)(H,19,20). The zero-order valence-corrected chi connectivity index (χ0v) is 14.0. The van der Waals surface area contributed by atoms with Gasteiger partial charge in [0.1, 0.15) is 0 Å². The second kappa shape index (κ2) is 5.76. The zero-order valence-electron chi connectivity index (χ0n) is 11.0. The molecule has 1 amide bonds.